The molecule has 3 heterocycles. The molecule has 4 nitrogen and oxygen atoms in total. The third-order valence-electron chi connectivity index (χ3n) is 4.51. The van der Waals surface area contributed by atoms with Gasteiger partial charge in [0, 0.05) is 25.0 Å². The fraction of sp³-hybridized carbons (Fsp3) is 1.00. The molecule has 3 fully saturated rings. The van der Waals surface area contributed by atoms with Crippen molar-refractivity contribution in [3.63, 3.8) is 0 Å². The van der Waals surface area contributed by atoms with Gasteiger partial charge in [-0.2, -0.15) is 0 Å². The van der Waals surface area contributed by atoms with Crippen molar-refractivity contribution in [3.8, 4) is 0 Å². The van der Waals surface area contributed by atoms with Crippen molar-refractivity contribution >= 4 is 0 Å². The minimum absolute atomic E-state index is 0.304. The number of hydrogen-bond acceptors (Lipinski definition) is 4. The first kappa shape index (κ1) is 11.0. The molecule has 4 heteroatoms. The highest BCUT2D eigenvalue weighted by Crippen LogP contribution is 2.44. The van der Waals surface area contributed by atoms with Gasteiger partial charge in [0.15, 0.2) is 0 Å². The van der Waals surface area contributed by atoms with Crippen molar-refractivity contribution in [2.75, 3.05) is 53.0 Å². The van der Waals surface area contributed by atoms with Crippen LogP contribution in [0.15, 0.2) is 0 Å². The fourth-order valence-electron chi connectivity index (χ4n) is 3.36. The van der Waals surface area contributed by atoms with Crippen LogP contribution in [0.5, 0.6) is 0 Å². The van der Waals surface area contributed by atoms with E-state index in [0.29, 0.717) is 11.5 Å². The lowest BCUT2D eigenvalue weighted by Gasteiger charge is -2.51. The van der Waals surface area contributed by atoms with E-state index in [9.17, 15) is 0 Å². The molecule has 0 bridgehead atoms. The van der Waals surface area contributed by atoms with E-state index in [-0.39, 0.29) is 0 Å². The van der Waals surface area contributed by atoms with Gasteiger partial charge in [0.25, 0.3) is 0 Å². The summed E-state index contributed by atoms with van der Waals surface area (Å²) in [6, 6.07) is 0. The van der Waals surface area contributed by atoms with E-state index in [0.717, 1.165) is 38.8 Å². The largest absolute Gasteiger partial charge is 0.380 e. The first-order valence-corrected chi connectivity index (χ1v) is 6.40. The second-order valence-electron chi connectivity index (χ2n) is 5.54. The number of likely N-dealkylation sites (tertiary alicyclic amines) is 1. The predicted octanol–water partition coefficient (Wildman–Crippen LogP) is -0.0569. The van der Waals surface area contributed by atoms with E-state index >= 15 is 0 Å². The Balaban J connectivity index is 1.71. The molecule has 2 atom stereocenters. The van der Waals surface area contributed by atoms with Gasteiger partial charge < -0.3 is 19.7 Å². The number of hydrogen-bond donors (Lipinski definition) is 1. The van der Waals surface area contributed by atoms with Gasteiger partial charge in [-0.15, -0.1) is 0 Å². The van der Waals surface area contributed by atoms with Crippen LogP contribution in [0.2, 0.25) is 0 Å². The maximum absolute atomic E-state index is 5.97. The SMILES string of the molecule is CN1CCC(C2(C3CNCCO3)COC2)C1. The third kappa shape index (κ3) is 1.68. The minimum atomic E-state index is 0.304. The van der Waals surface area contributed by atoms with Gasteiger partial charge >= 0.3 is 0 Å². The molecule has 0 aliphatic carbocycles. The molecule has 3 saturated heterocycles. The monoisotopic (exact) mass is 226 g/mol. The second-order valence-corrected chi connectivity index (χ2v) is 5.54. The highest BCUT2D eigenvalue weighted by atomic mass is 16.5. The van der Waals surface area contributed by atoms with Crippen LogP contribution in [0.25, 0.3) is 0 Å². The molecule has 0 amide bonds. The Bertz CT molecular complexity index is 243. The molecule has 0 spiro atoms. The molecule has 0 aromatic rings. The van der Waals surface area contributed by atoms with E-state index in [1.807, 2.05) is 0 Å². The number of rotatable bonds is 2. The maximum Gasteiger partial charge on any atom is 0.0803 e. The van der Waals surface area contributed by atoms with Gasteiger partial charge in [-0.25, -0.2) is 0 Å². The standard InChI is InChI=1S/C12H22N2O2/c1-14-4-2-10(7-14)12(8-15-9-12)11-6-13-3-5-16-11/h10-11,13H,2-9H2,1H3. The van der Waals surface area contributed by atoms with E-state index in [4.69, 9.17) is 9.47 Å². The van der Waals surface area contributed by atoms with Crippen molar-refractivity contribution in [2.45, 2.75) is 12.5 Å². The molecule has 0 aromatic carbocycles. The number of nitrogens with zero attached hydrogens (tertiary/aromatic N) is 1. The van der Waals surface area contributed by atoms with E-state index in [1.165, 1.54) is 19.5 Å². The predicted molar refractivity (Wildman–Crippen MR) is 61.5 cm³/mol. The maximum atomic E-state index is 5.97. The van der Waals surface area contributed by atoms with E-state index in [2.05, 4.69) is 17.3 Å². The van der Waals surface area contributed by atoms with Crippen molar-refractivity contribution in [1.82, 2.24) is 10.2 Å². The molecule has 1 N–H and O–H groups in total. The van der Waals surface area contributed by atoms with Crippen LogP contribution < -0.4 is 5.32 Å². The van der Waals surface area contributed by atoms with Crippen LogP contribution in [-0.2, 0) is 9.47 Å². The Morgan fingerprint density at radius 2 is 2.25 bits per heavy atom. The van der Waals surface area contributed by atoms with Gasteiger partial charge in [0.05, 0.1) is 25.9 Å². The summed E-state index contributed by atoms with van der Waals surface area (Å²) in [6.45, 7) is 7.10. The summed E-state index contributed by atoms with van der Waals surface area (Å²) in [5.74, 6) is 0.760. The lowest BCUT2D eigenvalue weighted by molar-refractivity contribution is -0.216. The first-order valence-electron chi connectivity index (χ1n) is 6.40. The van der Waals surface area contributed by atoms with Crippen LogP contribution in [0.3, 0.4) is 0 Å². The minimum Gasteiger partial charge on any atom is -0.380 e. The summed E-state index contributed by atoms with van der Waals surface area (Å²) in [7, 11) is 2.22. The molecule has 3 aliphatic rings. The quantitative estimate of drug-likeness (QED) is 0.715. The Morgan fingerprint density at radius 1 is 1.38 bits per heavy atom. The summed E-state index contributed by atoms with van der Waals surface area (Å²) >= 11 is 0. The molecule has 3 aliphatic heterocycles. The molecule has 2 unspecified atom stereocenters. The Labute approximate surface area is 97.3 Å². The second kappa shape index (κ2) is 4.26. The summed E-state index contributed by atoms with van der Waals surface area (Å²) in [5.41, 5.74) is 0.304. The molecule has 0 aromatic heterocycles. The summed E-state index contributed by atoms with van der Waals surface area (Å²) in [4.78, 5) is 2.43. The van der Waals surface area contributed by atoms with Crippen molar-refractivity contribution in [2.24, 2.45) is 11.3 Å². The molecule has 92 valence electrons. The topological polar surface area (TPSA) is 33.7 Å². The molecule has 0 radical (unpaired) electrons. The zero-order chi connectivity index (χ0) is 11.0. The van der Waals surface area contributed by atoms with Gasteiger partial charge in [-0.3, -0.25) is 0 Å². The van der Waals surface area contributed by atoms with E-state index in [1.54, 1.807) is 0 Å². The highest BCUT2D eigenvalue weighted by molar-refractivity contribution is 5.02. The molecular formula is C12H22N2O2. The lowest BCUT2D eigenvalue weighted by Crippen LogP contribution is -2.62. The summed E-state index contributed by atoms with van der Waals surface area (Å²) in [5, 5.41) is 3.45. The average molecular weight is 226 g/mol. The highest BCUT2D eigenvalue weighted by Gasteiger charge is 2.53. The van der Waals surface area contributed by atoms with Crippen LogP contribution in [0.4, 0.5) is 0 Å². The molecular weight excluding hydrogens is 204 g/mol. The smallest absolute Gasteiger partial charge is 0.0803 e. The van der Waals surface area contributed by atoms with Crippen LogP contribution in [0, 0.1) is 11.3 Å². The zero-order valence-corrected chi connectivity index (χ0v) is 10.1. The number of nitrogens with one attached hydrogen (secondary N) is 1. The van der Waals surface area contributed by atoms with Crippen molar-refractivity contribution in [1.29, 1.82) is 0 Å². The Kier molecular flexibility index (Phi) is 2.92. The van der Waals surface area contributed by atoms with Crippen molar-refractivity contribution < 1.29 is 9.47 Å². The molecule has 0 saturated carbocycles. The van der Waals surface area contributed by atoms with Gasteiger partial charge in [-0.1, -0.05) is 0 Å². The Morgan fingerprint density at radius 3 is 2.75 bits per heavy atom. The van der Waals surface area contributed by atoms with Crippen LogP contribution >= 0.6 is 0 Å². The van der Waals surface area contributed by atoms with Gasteiger partial charge in [-0.05, 0) is 25.9 Å². The molecule has 16 heavy (non-hydrogen) atoms. The normalized spacial score (nSPS) is 39.6. The summed E-state index contributed by atoms with van der Waals surface area (Å²) in [6.07, 6.45) is 1.67. The Hall–Kier alpha value is -0.160. The van der Waals surface area contributed by atoms with Gasteiger partial charge in [0.2, 0.25) is 0 Å². The third-order valence-corrected chi connectivity index (χ3v) is 4.51. The van der Waals surface area contributed by atoms with Crippen LogP contribution in [0.1, 0.15) is 6.42 Å². The molecule has 3 rings (SSSR count). The van der Waals surface area contributed by atoms with E-state index < -0.39 is 0 Å². The zero-order valence-electron chi connectivity index (χ0n) is 10.1. The van der Waals surface area contributed by atoms with Gasteiger partial charge in [0.1, 0.15) is 0 Å². The number of ether oxygens (including phenoxy) is 2. The van der Waals surface area contributed by atoms with Crippen LogP contribution in [-0.4, -0.2) is 64.1 Å². The lowest BCUT2D eigenvalue weighted by atomic mass is 9.68. The average Bonchev–Trinajstić information content (AvgIpc) is 2.65. The van der Waals surface area contributed by atoms with Crippen molar-refractivity contribution in [3.05, 3.63) is 0 Å². The summed E-state index contributed by atoms with van der Waals surface area (Å²) < 4.78 is 11.5. The number of morpholine rings is 1. The fourth-order valence-corrected chi connectivity index (χ4v) is 3.36. The first-order chi connectivity index (χ1) is 7.81.